The fourth-order valence-corrected chi connectivity index (χ4v) is 3.98. The van der Waals surface area contributed by atoms with Gasteiger partial charge in [0.05, 0.1) is 23.3 Å². The van der Waals surface area contributed by atoms with Crippen LogP contribution in [0.3, 0.4) is 0 Å². The molecule has 0 saturated carbocycles. The fourth-order valence-electron chi connectivity index (χ4n) is 1.89. The van der Waals surface area contributed by atoms with Crippen LogP contribution in [0.2, 0.25) is 0 Å². The standard InChI is InChI=1S/C13H18N2O4S2/c1-3-18-12(16)8-6-20-10(14-8)5-11-15-9(7-21-11)13(17)19-4-2/h8-9H,3-7H2,1-2H3/t8-,9-/m1/s1. The molecule has 0 fully saturated rings. The van der Waals surface area contributed by atoms with Gasteiger partial charge in [-0.3, -0.25) is 9.98 Å². The maximum atomic E-state index is 11.6. The Morgan fingerprint density at radius 3 is 1.81 bits per heavy atom. The van der Waals surface area contributed by atoms with Gasteiger partial charge in [-0.25, -0.2) is 9.59 Å². The molecule has 0 unspecified atom stereocenters. The molecule has 0 radical (unpaired) electrons. The summed E-state index contributed by atoms with van der Waals surface area (Å²) in [4.78, 5) is 31.9. The zero-order valence-electron chi connectivity index (χ0n) is 12.0. The smallest absolute Gasteiger partial charge is 0.331 e. The van der Waals surface area contributed by atoms with E-state index in [4.69, 9.17) is 9.47 Å². The van der Waals surface area contributed by atoms with Crippen LogP contribution in [0.15, 0.2) is 9.98 Å². The molecule has 21 heavy (non-hydrogen) atoms. The molecule has 2 aliphatic heterocycles. The molecule has 0 aromatic carbocycles. The van der Waals surface area contributed by atoms with Crippen molar-refractivity contribution in [2.45, 2.75) is 32.4 Å². The van der Waals surface area contributed by atoms with Crippen LogP contribution in [0.25, 0.3) is 0 Å². The largest absolute Gasteiger partial charge is 0.464 e. The minimum Gasteiger partial charge on any atom is -0.464 e. The molecule has 0 N–H and O–H groups in total. The van der Waals surface area contributed by atoms with E-state index in [-0.39, 0.29) is 11.9 Å². The normalized spacial score (nSPS) is 24.5. The Hall–Kier alpha value is -1.02. The van der Waals surface area contributed by atoms with Crippen molar-refractivity contribution < 1.29 is 19.1 Å². The number of nitrogens with zero attached hydrogens (tertiary/aromatic N) is 2. The zero-order chi connectivity index (χ0) is 15.2. The number of hydrogen-bond donors (Lipinski definition) is 0. The summed E-state index contributed by atoms with van der Waals surface area (Å²) >= 11 is 3.10. The van der Waals surface area contributed by atoms with E-state index in [0.717, 1.165) is 10.1 Å². The van der Waals surface area contributed by atoms with E-state index in [1.807, 2.05) is 0 Å². The quantitative estimate of drug-likeness (QED) is 0.687. The lowest BCUT2D eigenvalue weighted by Gasteiger charge is -2.04. The first-order valence-electron chi connectivity index (χ1n) is 6.86. The Morgan fingerprint density at radius 2 is 1.43 bits per heavy atom. The van der Waals surface area contributed by atoms with Gasteiger partial charge in [0, 0.05) is 17.9 Å². The molecule has 0 aliphatic carbocycles. The van der Waals surface area contributed by atoms with E-state index < -0.39 is 12.1 Å². The Morgan fingerprint density at radius 1 is 1.00 bits per heavy atom. The second kappa shape index (κ2) is 7.84. The Balaban J connectivity index is 1.88. The predicted molar refractivity (Wildman–Crippen MR) is 85.2 cm³/mol. The van der Waals surface area contributed by atoms with Crippen molar-refractivity contribution >= 4 is 45.5 Å². The van der Waals surface area contributed by atoms with Gasteiger partial charge in [0.2, 0.25) is 0 Å². The van der Waals surface area contributed by atoms with Crippen LogP contribution < -0.4 is 0 Å². The zero-order valence-corrected chi connectivity index (χ0v) is 13.7. The van der Waals surface area contributed by atoms with Gasteiger partial charge in [-0.2, -0.15) is 0 Å². The van der Waals surface area contributed by atoms with Crippen LogP contribution in [0.5, 0.6) is 0 Å². The summed E-state index contributed by atoms with van der Waals surface area (Å²) in [6.07, 6.45) is 0.584. The van der Waals surface area contributed by atoms with Crippen molar-refractivity contribution in [2.24, 2.45) is 9.98 Å². The number of carbonyl (C=O) groups is 2. The topological polar surface area (TPSA) is 77.3 Å². The molecule has 0 saturated heterocycles. The number of ether oxygens (including phenoxy) is 2. The Bertz CT molecular complexity index is 437. The van der Waals surface area contributed by atoms with E-state index in [1.165, 1.54) is 0 Å². The number of aliphatic imine (C=N–C) groups is 2. The predicted octanol–water partition coefficient (Wildman–Crippen LogP) is 1.53. The van der Waals surface area contributed by atoms with Gasteiger partial charge < -0.3 is 9.47 Å². The number of hydrogen-bond acceptors (Lipinski definition) is 8. The summed E-state index contributed by atoms with van der Waals surface area (Å²) in [6.45, 7) is 4.30. The van der Waals surface area contributed by atoms with Crippen molar-refractivity contribution in [1.29, 1.82) is 0 Å². The van der Waals surface area contributed by atoms with Crippen molar-refractivity contribution in [1.82, 2.24) is 0 Å². The third-order valence-corrected chi connectivity index (χ3v) is 4.97. The summed E-state index contributed by atoms with van der Waals surface area (Å²) < 4.78 is 9.93. The van der Waals surface area contributed by atoms with Crippen LogP contribution in [-0.4, -0.2) is 58.8 Å². The molecule has 2 heterocycles. The summed E-state index contributed by atoms with van der Waals surface area (Å²) in [6, 6.07) is -0.810. The summed E-state index contributed by atoms with van der Waals surface area (Å²) in [5.41, 5.74) is 0. The molecule has 116 valence electrons. The Kier molecular flexibility index (Phi) is 6.10. The summed E-state index contributed by atoms with van der Waals surface area (Å²) in [7, 11) is 0. The van der Waals surface area contributed by atoms with Gasteiger partial charge in [0.25, 0.3) is 0 Å². The maximum absolute atomic E-state index is 11.6. The van der Waals surface area contributed by atoms with Crippen LogP contribution >= 0.6 is 23.5 Å². The molecule has 6 nitrogen and oxygen atoms in total. The molecule has 0 aromatic heterocycles. The molecule has 0 amide bonds. The summed E-state index contributed by atoms with van der Waals surface area (Å²) in [5.74, 6) is 0.691. The van der Waals surface area contributed by atoms with E-state index in [0.29, 0.717) is 31.1 Å². The summed E-state index contributed by atoms with van der Waals surface area (Å²) in [5, 5.41) is 1.76. The van der Waals surface area contributed by atoms with E-state index in [1.54, 1.807) is 37.4 Å². The third-order valence-electron chi connectivity index (χ3n) is 2.84. The average Bonchev–Trinajstić information content (AvgIpc) is 3.09. The monoisotopic (exact) mass is 330 g/mol. The first kappa shape index (κ1) is 16.4. The highest BCUT2D eigenvalue weighted by atomic mass is 32.2. The van der Waals surface area contributed by atoms with Gasteiger partial charge in [-0.05, 0) is 13.8 Å². The molecule has 0 aromatic rings. The van der Waals surface area contributed by atoms with E-state index in [9.17, 15) is 9.59 Å². The SMILES string of the molecule is CCOC(=O)[C@H]1CSC(CC2=N[C@@H](C(=O)OCC)CS2)=N1. The molecule has 2 rings (SSSR count). The molecular formula is C13H18N2O4S2. The number of carbonyl (C=O) groups excluding carboxylic acids is 2. The van der Waals surface area contributed by atoms with Crippen molar-refractivity contribution in [3.63, 3.8) is 0 Å². The second-order valence-corrected chi connectivity index (χ2v) is 6.57. The number of esters is 2. The highest BCUT2D eigenvalue weighted by molar-refractivity contribution is 8.16. The fraction of sp³-hybridized carbons (Fsp3) is 0.692. The van der Waals surface area contributed by atoms with Gasteiger partial charge >= 0.3 is 11.9 Å². The van der Waals surface area contributed by atoms with Crippen LogP contribution in [0, 0.1) is 0 Å². The van der Waals surface area contributed by atoms with Crippen LogP contribution in [-0.2, 0) is 19.1 Å². The first-order chi connectivity index (χ1) is 10.1. The van der Waals surface area contributed by atoms with E-state index in [2.05, 4.69) is 9.98 Å². The van der Waals surface area contributed by atoms with E-state index >= 15 is 0 Å². The Labute approximate surface area is 132 Å². The minimum atomic E-state index is -0.405. The highest BCUT2D eigenvalue weighted by Crippen LogP contribution is 2.27. The highest BCUT2D eigenvalue weighted by Gasteiger charge is 2.30. The van der Waals surface area contributed by atoms with Gasteiger partial charge in [-0.1, -0.05) is 0 Å². The van der Waals surface area contributed by atoms with Crippen molar-refractivity contribution in [3.05, 3.63) is 0 Å². The molecule has 2 aliphatic rings. The molecule has 2 atom stereocenters. The van der Waals surface area contributed by atoms with Crippen molar-refractivity contribution in [3.8, 4) is 0 Å². The number of rotatable bonds is 6. The molecule has 0 bridgehead atoms. The molecule has 8 heteroatoms. The lowest BCUT2D eigenvalue weighted by atomic mass is 10.3. The lowest BCUT2D eigenvalue weighted by molar-refractivity contribution is -0.144. The molecular weight excluding hydrogens is 312 g/mol. The minimum absolute atomic E-state index is 0.273. The van der Waals surface area contributed by atoms with Crippen LogP contribution in [0.4, 0.5) is 0 Å². The second-order valence-electron chi connectivity index (χ2n) is 4.38. The van der Waals surface area contributed by atoms with Gasteiger partial charge in [-0.15, -0.1) is 23.5 Å². The first-order valence-corrected chi connectivity index (χ1v) is 8.83. The average molecular weight is 330 g/mol. The third kappa shape index (κ3) is 4.47. The van der Waals surface area contributed by atoms with Gasteiger partial charge in [0.1, 0.15) is 0 Å². The molecule has 0 spiro atoms. The lowest BCUT2D eigenvalue weighted by Crippen LogP contribution is -2.21. The van der Waals surface area contributed by atoms with Crippen LogP contribution in [0.1, 0.15) is 20.3 Å². The van der Waals surface area contributed by atoms with Crippen molar-refractivity contribution in [2.75, 3.05) is 24.7 Å². The van der Waals surface area contributed by atoms with Gasteiger partial charge in [0.15, 0.2) is 12.1 Å². The number of thioether (sulfide) groups is 2. The maximum Gasteiger partial charge on any atom is 0.331 e.